The molecule has 148 valence electrons. The van der Waals surface area contributed by atoms with Gasteiger partial charge in [0, 0.05) is 19.5 Å². The molecule has 0 radical (unpaired) electrons. The van der Waals surface area contributed by atoms with E-state index in [2.05, 4.69) is 55.5 Å². The maximum Gasteiger partial charge on any atom is 0.222 e. The first-order valence-electron chi connectivity index (χ1n) is 10.6. The van der Waals surface area contributed by atoms with Gasteiger partial charge in [-0.25, -0.2) is 0 Å². The standard InChI is InChI=1S/C24H41NO/c1-4-7-8-9-10-11-12-13-14-15-16-17-18-19-20-21-22-23-24(26)25(5-2)6-3/h10-11,13-14,16-17,19-20H,4-9,12,15,18,21-23H2,1-3H3/b11-10-,14-13-,17-16-,20-19-. The fraction of sp³-hybridized carbons (Fsp3) is 0.625. The van der Waals surface area contributed by atoms with Crippen molar-refractivity contribution in [2.24, 2.45) is 0 Å². The Kier molecular flexibility index (Phi) is 18.6. The van der Waals surface area contributed by atoms with Crippen molar-refractivity contribution in [3.05, 3.63) is 48.6 Å². The molecule has 0 aromatic heterocycles. The molecule has 0 unspecified atom stereocenters. The fourth-order valence-corrected chi connectivity index (χ4v) is 2.67. The van der Waals surface area contributed by atoms with Gasteiger partial charge in [0.2, 0.25) is 5.91 Å². The van der Waals surface area contributed by atoms with Gasteiger partial charge in [-0.15, -0.1) is 0 Å². The smallest absolute Gasteiger partial charge is 0.222 e. The van der Waals surface area contributed by atoms with Crippen LogP contribution in [0.1, 0.15) is 85.0 Å². The lowest BCUT2D eigenvalue weighted by molar-refractivity contribution is -0.130. The summed E-state index contributed by atoms with van der Waals surface area (Å²) in [5.41, 5.74) is 0. The third-order valence-electron chi connectivity index (χ3n) is 4.34. The van der Waals surface area contributed by atoms with Crippen molar-refractivity contribution in [1.29, 1.82) is 0 Å². The Labute approximate surface area is 162 Å². The highest BCUT2D eigenvalue weighted by Crippen LogP contribution is 2.03. The largest absolute Gasteiger partial charge is 0.343 e. The van der Waals surface area contributed by atoms with E-state index in [9.17, 15) is 4.79 Å². The number of hydrogen-bond acceptors (Lipinski definition) is 1. The van der Waals surface area contributed by atoms with Gasteiger partial charge in [-0.2, -0.15) is 0 Å². The monoisotopic (exact) mass is 359 g/mol. The van der Waals surface area contributed by atoms with Crippen LogP contribution < -0.4 is 0 Å². The van der Waals surface area contributed by atoms with Crippen molar-refractivity contribution in [2.45, 2.75) is 85.0 Å². The van der Waals surface area contributed by atoms with Gasteiger partial charge in [0.05, 0.1) is 0 Å². The molecule has 0 atom stereocenters. The van der Waals surface area contributed by atoms with Crippen LogP contribution in [0.3, 0.4) is 0 Å². The van der Waals surface area contributed by atoms with Gasteiger partial charge >= 0.3 is 0 Å². The Hall–Kier alpha value is -1.57. The van der Waals surface area contributed by atoms with Crippen LogP contribution in [0.25, 0.3) is 0 Å². The summed E-state index contributed by atoms with van der Waals surface area (Å²) < 4.78 is 0. The number of carbonyl (C=O) groups is 1. The zero-order valence-corrected chi connectivity index (χ0v) is 17.5. The minimum Gasteiger partial charge on any atom is -0.343 e. The van der Waals surface area contributed by atoms with Gasteiger partial charge in [-0.05, 0) is 58.8 Å². The van der Waals surface area contributed by atoms with Gasteiger partial charge in [0.15, 0.2) is 0 Å². The molecule has 0 saturated heterocycles. The molecule has 0 fully saturated rings. The van der Waals surface area contributed by atoms with E-state index in [0.717, 1.165) is 45.2 Å². The van der Waals surface area contributed by atoms with Crippen molar-refractivity contribution >= 4 is 5.91 Å². The predicted molar refractivity (Wildman–Crippen MR) is 116 cm³/mol. The second-order valence-electron chi connectivity index (χ2n) is 6.55. The van der Waals surface area contributed by atoms with Gasteiger partial charge < -0.3 is 4.90 Å². The first-order chi connectivity index (χ1) is 12.8. The number of amides is 1. The first kappa shape index (κ1) is 24.4. The quantitative estimate of drug-likeness (QED) is 0.214. The predicted octanol–water partition coefficient (Wildman–Crippen LogP) is 7.00. The minimum atomic E-state index is 0.283. The highest BCUT2D eigenvalue weighted by Gasteiger charge is 2.07. The Morgan fingerprint density at radius 2 is 1.12 bits per heavy atom. The van der Waals surface area contributed by atoms with E-state index in [4.69, 9.17) is 0 Å². The van der Waals surface area contributed by atoms with E-state index in [1.165, 1.54) is 25.7 Å². The number of unbranched alkanes of at least 4 members (excludes halogenated alkanes) is 4. The van der Waals surface area contributed by atoms with Crippen LogP contribution >= 0.6 is 0 Å². The molecule has 2 heteroatoms. The molecule has 0 heterocycles. The average molecular weight is 360 g/mol. The summed E-state index contributed by atoms with van der Waals surface area (Å²) in [5.74, 6) is 0.283. The molecule has 26 heavy (non-hydrogen) atoms. The van der Waals surface area contributed by atoms with Crippen LogP contribution in [-0.2, 0) is 4.79 Å². The third kappa shape index (κ3) is 15.9. The van der Waals surface area contributed by atoms with Gasteiger partial charge in [0.25, 0.3) is 0 Å². The molecule has 0 rings (SSSR count). The first-order valence-corrected chi connectivity index (χ1v) is 10.6. The topological polar surface area (TPSA) is 20.3 Å². The minimum absolute atomic E-state index is 0.283. The molecular weight excluding hydrogens is 318 g/mol. The molecule has 0 bridgehead atoms. The number of hydrogen-bond donors (Lipinski definition) is 0. The number of rotatable bonds is 16. The SMILES string of the molecule is CCCCC/C=C\C/C=C\C/C=C\C/C=C\CCCC(=O)N(CC)CC. The highest BCUT2D eigenvalue weighted by atomic mass is 16.2. The van der Waals surface area contributed by atoms with Crippen molar-refractivity contribution in [3.63, 3.8) is 0 Å². The maximum absolute atomic E-state index is 11.8. The molecule has 0 aliphatic rings. The summed E-state index contributed by atoms with van der Waals surface area (Å²) in [5, 5.41) is 0. The van der Waals surface area contributed by atoms with Crippen LogP contribution in [0.2, 0.25) is 0 Å². The lowest BCUT2D eigenvalue weighted by Crippen LogP contribution is -2.30. The van der Waals surface area contributed by atoms with Gasteiger partial charge in [-0.3, -0.25) is 4.79 Å². The molecule has 0 aliphatic heterocycles. The van der Waals surface area contributed by atoms with Crippen molar-refractivity contribution < 1.29 is 4.79 Å². The summed E-state index contributed by atoms with van der Waals surface area (Å²) >= 11 is 0. The molecule has 0 spiro atoms. The van der Waals surface area contributed by atoms with Crippen molar-refractivity contribution in [2.75, 3.05) is 13.1 Å². The third-order valence-corrected chi connectivity index (χ3v) is 4.34. The Bertz CT molecular complexity index is 427. The van der Waals surface area contributed by atoms with Crippen LogP contribution in [0.4, 0.5) is 0 Å². The van der Waals surface area contributed by atoms with Gasteiger partial charge in [0.1, 0.15) is 0 Å². The second-order valence-corrected chi connectivity index (χ2v) is 6.55. The summed E-state index contributed by atoms with van der Waals surface area (Å²) in [4.78, 5) is 13.8. The maximum atomic E-state index is 11.8. The van der Waals surface area contributed by atoms with Crippen molar-refractivity contribution in [3.8, 4) is 0 Å². The lowest BCUT2D eigenvalue weighted by Gasteiger charge is -2.18. The summed E-state index contributed by atoms with van der Waals surface area (Å²) in [6.45, 7) is 7.95. The van der Waals surface area contributed by atoms with Crippen LogP contribution in [-0.4, -0.2) is 23.9 Å². The molecule has 0 saturated carbocycles. The zero-order chi connectivity index (χ0) is 19.3. The number of nitrogens with zero attached hydrogens (tertiary/aromatic N) is 1. The van der Waals surface area contributed by atoms with Gasteiger partial charge in [-0.1, -0.05) is 68.4 Å². The summed E-state index contributed by atoms with van der Waals surface area (Å²) in [6.07, 6.45) is 28.7. The number of allylic oxidation sites excluding steroid dienone is 8. The van der Waals surface area contributed by atoms with E-state index < -0.39 is 0 Å². The summed E-state index contributed by atoms with van der Waals surface area (Å²) in [6, 6.07) is 0. The molecule has 0 N–H and O–H groups in total. The Balaban J connectivity index is 3.56. The Morgan fingerprint density at radius 3 is 1.58 bits per heavy atom. The molecule has 2 nitrogen and oxygen atoms in total. The molecule has 1 amide bonds. The van der Waals surface area contributed by atoms with E-state index in [0.29, 0.717) is 6.42 Å². The summed E-state index contributed by atoms with van der Waals surface area (Å²) in [7, 11) is 0. The average Bonchev–Trinajstić information content (AvgIpc) is 2.65. The van der Waals surface area contributed by atoms with Crippen LogP contribution in [0, 0.1) is 0 Å². The normalized spacial score (nSPS) is 12.3. The zero-order valence-electron chi connectivity index (χ0n) is 17.5. The van der Waals surface area contributed by atoms with E-state index >= 15 is 0 Å². The lowest BCUT2D eigenvalue weighted by atomic mass is 10.2. The van der Waals surface area contributed by atoms with E-state index in [1.807, 2.05) is 18.7 Å². The highest BCUT2D eigenvalue weighted by molar-refractivity contribution is 5.76. The second kappa shape index (κ2) is 19.8. The molecule has 0 aromatic carbocycles. The molecular formula is C24H41NO. The van der Waals surface area contributed by atoms with E-state index in [1.54, 1.807) is 0 Å². The molecule has 0 aliphatic carbocycles. The van der Waals surface area contributed by atoms with Crippen LogP contribution in [0.5, 0.6) is 0 Å². The fourth-order valence-electron chi connectivity index (χ4n) is 2.67. The Morgan fingerprint density at radius 1 is 0.654 bits per heavy atom. The van der Waals surface area contributed by atoms with E-state index in [-0.39, 0.29) is 5.91 Å². The molecule has 0 aromatic rings. The van der Waals surface area contributed by atoms with Crippen LogP contribution in [0.15, 0.2) is 48.6 Å². The van der Waals surface area contributed by atoms with Crippen molar-refractivity contribution in [1.82, 2.24) is 4.90 Å². The number of carbonyl (C=O) groups excluding carboxylic acids is 1.